The van der Waals surface area contributed by atoms with Crippen LogP contribution in [0.25, 0.3) is 0 Å². The van der Waals surface area contributed by atoms with Gasteiger partial charge in [-0.2, -0.15) is 0 Å². The van der Waals surface area contributed by atoms with Gasteiger partial charge in [-0.3, -0.25) is 9.59 Å². The average Bonchev–Trinajstić information content (AvgIpc) is 3.09. The van der Waals surface area contributed by atoms with Crippen LogP contribution in [-0.4, -0.2) is 25.6 Å². The van der Waals surface area contributed by atoms with E-state index in [0.29, 0.717) is 5.69 Å². The van der Waals surface area contributed by atoms with Crippen molar-refractivity contribution in [2.75, 3.05) is 19.0 Å². The Morgan fingerprint density at radius 1 is 1.04 bits per heavy atom. The molecule has 0 aliphatic heterocycles. The first-order valence-electron chi connectivity index (χ1n) is 8.34. The smallest absolute Gasteiger partial charge is 0.309 e. The average molecular weight is 339 g/mol. The van der Waals surface area contributed by atoms with E-state index in [9.17, 15) is 9.59 Å². The molecule has 1 amide bonds. The first kappa shape index (κ1) is 17.0. The first-order valence-corrected chi connectivity index (χ1v) is 8.34. The summed E-state index contributed by atoms with van der Waals surface area (Å²) in [6.07, 6.45) is 3.61. The Kier molecular flexibility index (Phi) is 5.33. The number of rotatable bonds is 6. The lowest BCUT2D eigenvalue weighted by molar-refractivity contribution is -0.139. The Bertz CT molecular complexity index is 768. The molecule has 3 rings (SSSR count). The molecule has 0 heterocycles. The Morgan fingerprint density at radius 3 is 2.56 bits per heavy atom. The number of benzene rings is 2. The Morgan fingerprint density at radius 2 is 1.80 bits per heavy atom. The molecule has 2 aromatic rings. The lowest BCUT2D eigenvalue weighted by atomic mass is 10.1. The summed E-state index contributed by atoms with van der Waals surface area (Å²) in [6, 6.07) is 13.1. The number of carbonyl (C=O) groups is 2. The predicted octanol–water partition coefficient (Wildman–Crippen LogP) is 2.91. The fraction of sp³-hybridized carbons (Fsp3) is 0.300. The molecule has 0 atom stereocenters. The molecule has 0 unspecified atom stereocenters. The van der Waals surface area contributed by atoms with Gasteiger partial charge in [-0.15, -0.1) is 0 Å². The number of aryl methyl sites for hydroxylation is 2. The van der Waals surface area contributed by atoms with Crippen molar-refractivity contribution in [3.8, 4) is 5.75 Å². The molecule has 1 aliphatic carbocycles. The summed E-state index contributed by atoms with van der Waals surface area (Å²) in [4.78, 5) is 23.2. The van der Waals surface area contributed by atoms with Crippen molar-refractivity contribution in [3.05, 3.63) is 59.2 Å². The van der Waals surface area contributed by atoms with Gasteiger partial charge < -0.3 is 14.8 Å². The largest absolute Gasteiger partial charge is 0.484 e. The van der Waals surface area contributed by atoms with Crippen LogP contribution in [0.2, 0.25) is 0 Å². The minimum absolute atomic E-state index is 0.0390. The Balaban J connectivity index is 1.50. The highest BCUT2D eigenvalue weighted by molar-refractivity contribution is 5.91. The lowest BCUT2D eigenvalue weighted by Crippen LogP contribution is -2.20. The maximum atomic E-state index is 12.0. The van der Waals surface area contributed by atoms with Crippen LogP contribution in [0.3, 0.4) is 0 Å². The molecule has 1 N–H and O–H groups in total. The van der Waals surface area contributed by atoms with E-state index >= 15 is 0 Å². The summed E-state index contributed by atoms with van der Waals surface area (Å²) >= 11 is 0. The second-order valence-corrected chi connectivity index (χ2v) is 6.07. The van der Waals surface area contributed by atoms with E-state index in [2.05, 4.69) is 16.1 Å². The number of ether oxygens (including phenoxy) is 2. The topological polar surface area (TPSA) is 64.6 Å². The van der Waals surface area contributed by atoms with Crippen LogP contribution in [0.1, 0.15) is 23.1 Å². The van der Waals surface area contributed by atoms with Crippen molar-refractivity contribution in [1.29, 1.82) is 0 Å². The molecule has 130 valence electrons. The van der Waals surface area contributed by atoms with Gasteiger partial charge in [-0.05, 0) is 60.2 Å². The molecule has 1 aliphatic rings. The summed E-state index contributed by atoms with van der Waals surface area (Å²) < 4.78 is 10.2. The molecule has 0 bridgehead atoms. The van der Waals surface area contributed by atoms with Gasteiger partial charge in [0.15, 0.2) is 6.61 Å². The number of methoxy groups -OCH3 is 1. The van der Waals surface area contributed by atoms with Crippen molar-refractivity contribution < 1.29 is 19.1 Å². The van der Waals surface area contributed by atoms with E-state index < -0.39 is 0 Å². The van der Waals surface area contributed by atoms with Gasteiger partial charge in [0, 0.05) is 5.69 Å². The maximum absolute atomic E-state index is 12.0. The number of nitrogens with one attached hydrogen (secondary N) is 1. The van der Waals surface area contributed by atoms with Crippen LogP contribution in [0, 0.1) is 0 Å². The van der Waals surface area contributed by atoms with Crippen molar-refractivity contribution in [2.45, 2.75) is 25.7 Å². The van der Waals surface area contributed by atoms with Crippen molar-refractivity contribution >= 4 is 17.6 Å². The van der Waals surface area contributed by atoms with Crippen LogP contribution in [0.4, 0.5) is 5.69 Å². The van der Waals surface area contributed by atoms with Crippen molar-refractivity contribution in [1.82, 2.24) is 0 Å². The van der Waals surface area contributed by atoms with Gasteiger partial charge in [0.05, 0.1) is 13.5 Å². The number of hydrogen-bond donors (Lipinski definition) is 1. The van der Waals surface area contributed by atoms with Gasteiger partial charge in [-0.1, -0.05) is 18.2 Å². The normalized spacial score (nSPS) is 12.4. The third kappa shape index (κ3) is 4.59. The van der Waals surface area contributed by atoms with E-state index in [1.807, 2.05) is 12.1 Å². The van der Waals surface area contributed by atoms with Crippen LogP contribution < -0.4 is 10.1 Å². The van der Waals surface area contributed by atoms with E-state index in [4.69, 9.17) is 4.74 Å². The molecule has 0 saturated heterocycles. The summed E-state index contributed by atoms with van der Waals surface area (Å²) in [6.45, 7) is -0.0390. The van der Waals surface area contributed by atoms with E-state index in [1.165, 1.54) is 24.7 Å². The molecule has 0 saturated carbocycles. The highest BCUT2D eigenvalue weighted by Gasteiger charge is 2.12. The molecular formula is C20H21NO4. The minimum Gasteiger partial charge on any atom is -0.484 e. The lowest BCUT2D eigenvalue weighted by Gasteiger charge is -2.09. The van der Waals surface area contributed by atoms with Crippen molar-refractivity contribution in [3.63, 3.8) is 0 Å². The number of esters is 1. The zero-order chi connectivity index (χ0) is 17.6. The molecule has 25 heavy (non-hydrogen) atoms. The highest BCUT2D eigenvalue weighted by Crippen LogP contribution is 2.26. The minimum atomic E-state index is -0.292. The van der Waals surface area contributed by atoms with E-state index in [0.717, 1.165) is 24.2 Å². The van der Waals surface area contributed by atoms with Crippen molar-refractivity contribution in [2.24, 2.45) is 0 Å². The van der Waals surface area contributed by atoms with Gasteiger partial charge in [0.25, 0.3) is 5.91 Å². The first-order chi connectivity index (χ1) is 12.1. The zero-order valence-corrected chi connectivity index (χ0v) is 14.2. The zero-order valence-electron chi connectivity index (χ0n) is 14.2. The third-order valence-corrected chi connectivity index (χ3v) is 4.25. The molecular weight excluding hydrogens is 318 g/mol. The third-order valence-electron chi connectivity index (χ3n) is 4.25. The molecule has 0 aromatic heterocycles. The summed E-state index contributed by atoms with van der Waals surface area (Å²) in [5, 5.41) is 2.78. The van der Waals surface area contributed by atoms with E-state index in [1.54, 1.807) is 24.3 Å². The molecule has 0 spiro atoms. The van der Waals surface area contributed by atoms with Crippen LogP contribution in [-0.2, 0) is 33.6 Å². The molecule has 5 nitrogen and oxygen atoms in total. The summed E-state index contributed by atoms with van der Waals surface area (Å²) in [7, 11) is 1.36. The quantitative estimate of drug-likeness (QED) is 0.822. The Labute approximate surface area is 147 Å². The van der Waals surface area contributed by atoms with Gasteiger partial charge >= 0.3 is 5.97 Å². The molecule has 0 fully saturated rings. The number of amides is 1. The molecule has 0 radical (unpaired) electrons. The van der Waals surface area contributed by atoms with Gasteiger partial charge in [0.1, 0.15) is 5.75 Å². The highest BCUT2D eigenvalue weighted by atomic mass is 16.5. The van der Waals surface area contributed by atoms with Crippen LogP contribution in [0.5, 0.6) is 5.75 Å². The van der Waals surface area contributed by atoms with E-state index in [-0.39, 0.29) is 24.9 Å². The van der Waals surface area contributed by atoms with Gasteiger partial charge in [-0.25, -0.2) is 0 Å². The monoisotopic (exact) mass is 339 g/mol. The number of anilines is 1. The fourth-order valence-corrected chi connectivity index (χ4v) is 2.93. The number of hydrogen-bond acceptors (Lipinski definition) is 4. The maximum Gasteiger partial charge on any atom is 0.309 e. The second kappa shape index (κ2) is 7.83. The molecule has 5 heteroatoms. The number of fused-ring (bicyclic) bond motifs is 1. The summed E-state index contributed by atoms with van der Waals surface area (Å²) in [5.74, 6) is 0.213. The number of carbonyl (C=O) groups excluding carboxylic acids is 2. The Hall–Kier alpha value is -2.82. The second-order valence-electron chi connectivity index (χ2n) is 6.07. The van der Waals surface area contributed by atoms with Crippen LogP contribution in [0.15, 0.2) is 42.5 Å². The predicted molar refractivity (Wildman–Crippen MR) is 94.8 cm³/mol. The standard InChI is InChI=1S/C20H21NO4/c1-24-20(23)11-14-5-8-17(9-6-14)21-19(22)13-25-18-10-7-15-3-2-4-16(15)12-18/h5-10,12H,2-4,11,13H2,1H3,(H,21,22). The fourth-order valence-electron chi connectivity index (χ4n) is 2.93. The van der Waals surface area contributed by atoms with Crippen LogP contribution >= 0.6 is 0 Å². The SMILES string of the molecule is COC(=O)Cc1ccc(NC(=O)COc2ccc3c(c2)CCC3)cc1. The van der Waals surface area contributed by atoms with Gasteiger partial charge in [0.2, 0.25) is 0 Å². The summed E-state index contributed by atoms with van der Waals surface area (Å²) in [5.41, 5.74) is 4.19. The molecule has 2 aromatic carbocycles.